The van der Waals surface area contributed by atoms with E-state index in [4.69, 9.17) is 16.3 Å². The molecule has 176 valence electrons. The Morgan fingerprint density at radius 1 is 0.848 bits per heavy atom. The smallest absolute Gasteiger partial charge is 0.328 e. The molecule has 0 aromatic heterocycles. The molecule has 3 amide bonds. The van der Waals surface area contributed by atoms with Crippen LogP contribution >= 0.6 is 11.6 Å². The number of hydrogen-bond acceptors (Lipinski definition) is 5. The van der Waals surface area contributed by atoms with Crippen LogP contribution in [-0.4, -0.2) is 55.3 Å². The molecule has 0 saturated carbocycles. The highest BCUT2D eigenvalue weighted by Gasteiger charge is 2.24. The maximum Gasteiger partial charge on any atom is 0.328 e. The molecule has 2 aromatic rings. The molecule has 0 fully saturated rings. The number of ether oxygens (including phenoxy) is 1. The summed E-state index contributed by atoms with van der Waals surface area (Å²) in [6, 6.07) is 16.9. The van der Waals surface area contributed by atoms with Gasteiger partial charge in [-0.05, 0) is 24.0 Å². The second-order valence-electron chi connectivity index (χ2n) is 7.33. The predicted octanol–water partition coefficient (Wildman–Crippen LogP) is 1.36. The monoisotopic (exact) mass is 473 g/mol. The van der Waals surface area contributed by atoms with Crippen molar-refractivity contribution < 1.29 is 23.9 Å². The van der Waals surface area contributed by atoms with Crippen molar-refractivity contribution in [1.82, 2.24) is 16.0 Å². The Labute approximate surface area is 198 Å². The van der Waals surface area contributed by atoms with Gasteiger partial charge in [-0.1, -0.05) is 60.7 Å². The van der Waals surface area contributed by atoms with Gasteiger partial charge >= 0.3 is 5.97 Å². The van der Waals surface area contributed by atoms with E-state index in [9.17, 15) is 19.2 Å². The lowest BCUT2D eigenvalue weighted by Crippen LogP contribution is -2.51. The lowest BCUT2D eigenvalue weighted by atomic mass is 10.0. The van der Waals surface area contributed by atoms with E-state index in [0.29, 0.717) is 12.8 Å². The predicted molar refractivity (Wildman–Crippen MR) is 125 cm³/mol. The van der Waals surface area contributed by atoms with Gasteiger partial charge in [0, 0.05) is 6.42 Å². The molecule has 0 bridgehead atoms. The largest absolute Gasteiger partial charge is 0.467 e. The first-order valence-electron chi connectivity index (χ1n) is 10.5. The number of carbonyl (C=O) groups is 4. The molecule has 0 saturated heterocycles. The van der Waals surface area contributed by atoms with Crippen molar-refractivity contribution in [2.24, 2.45) is 0 Å². The second-order valence-corrected chi connectivity index (χ2v) is 7.60. The van der Waals surface area contributed by atoms with Crippen LogP contribution in [-0.2, 0) is 36.8 Å². The lowest BCUT2D eigenvalue weighted by molar-refractivity contribution is -0.145. The van der Waals surface area contributed by atoms with Gasteiger partial charge in [0.05, 0.1) is 13.7 Å². The quantitative estimate of drug-likeness (QED) is 0.318. The fourth-order valence-corrected chi connectivity index (χ4v) is 3.26. The van der Waals surface area contributed by atoms with Crippen molar-refractivity contribution in [1.29, 1.82) is 0 Å². The summed E-state index contributed by atoms with van der Waals surface area (Å²) in [5.41, 5.74) is 1.86. The van der Waals surface area contributed by atoms with Crippen molar-refractivity contribution in [3.8, 4) is 0 Å². The maximum atomic E-state index is 12.6. The summed E-state index contributed by atoms with van der Waals surface area (Å²) in [4.78, 5) is 48.9. The highest BCUT2D eigenvalue weighted by Crippen LogP contribution is 2.06. The number of rotatable bonds is 12. The van der Waals surface area contributed by atoms with E-state index in [1.165, 1.54) is 7.11 Å². The summed E-state index contributed by atoms with van der Waals surface area (Å²) in [5, 5.41) is 7.67. The van der Waals surface area contributed by atoms with Crippen molar-refractivity contribution >= 4 is 35.3 Å². The molecule has 0 unspecified atom stereocenters. The third-order valence-electron chi connectivity index (χ3n) is 4.86. The van der Waals surface area contributed by atoms with Crippen LogP contribution in [0.15, 0.2) is 60.7 Å². The molecule has 2 atom stereocenters. The van der Waals surface area contributed by atoms with Crippen molar-refractivity contribution in [3.05, 3.63) is 71.8 Å². The standard InChI is InChI=1S/C24H28ClN3O5/c1-33-24(32)20(14-18-10-6-3-7-11-18)28-22(30)16-26-23(31)19(27-21(29)15-25)13-12-17-8-4-2-5-9-17/h2-11,19-20H,12-16H2,1H3,(H,26,31)(H,27,29)(H,28,30)/t19-,20-/m0/s1. The third-order valence-corrected chi connectivity index (χ3v) is 5.11. The first kappa shape index (κ1) is 25.9. The van der Waals surface area contributed by atoms with E-state index in [-0.39, 0.29) is 18.8 Å². The van der Waals surface area contributed by atoms with Crippen LogP contribution < -0.4 is 16.0 Å². The summed E-state index contributed by atoms with van der Waals surface area (Å²) in [7, 11) is 1.24. The Morgan fingerprint density at radius 2 is 1.42 bits per heavy atom. The third kappa shape index (κ3) is 9.33. The van der Waals surface area contributed by atoms with E-state index < -0.39 is 35.8 Å². The Balaban J connectivity index is 1.93. The Hall–Kier alpha value is -3.39. The van der Waals surface area contributed by atoms with Crippen LogP contribution in [0.1, 0.15) is 17.5 Å². The van der Waals surface area contributed by atoms with Gasteiger partial charge in [-0.15, -0.1) is 11.6 Å². The van der Waals surface area contributed by atoms with Crippen molar-refractivity contribution in [3.63, 3.8) is 0 Å². The normalized spacial score (nSPS) is 12.2. The van der Waals surface area contributed by atoms with Crippen LogP contribution in [0.3, 0.4) is 0 Å². The Bertz CT molecular complexity index is 924. The number of aryl methyl sites for hydroxylation is 1. The van der Waals surface area contributed by atoms with Gasteiger partial charge < -0.3 is 20.7 Å². The van der Waals surface area contributed by atoms with Gasteiger partial charge in [-0.2, -0.15) is 0 Å². The molecule has 0 aliphatic rings. The molecule has 9 heteroatoms. The number of nitrogens with one attached hydrogen (secondary N) is 3. The minimum Gasteiger partial charge on any atom is -0.467 e. The van der Waals surface area contributed by atoms with E-state index in [1.807, 2.05) is 60.7 Å². The van der Waals surface area contributed by atoms with Crippen molar-refractivity contribution in [2.45, 2.75) is 31.3 Å². The average Bonchev–Trinajstić information content (AvgIpc) is 2.85. The van der Waals surface area contributed by atoms with Crippen LogP contribution in [0.2, 0.25) is 0 Å². The van der Waals surface area contributed by atoms with E-state index in [2.05, 4.69) is 16.0 Å². The highest BCUT2D eigenvalue weighted by atomic mass is 35.5. The van der Waals surface area contributed by atoms with Gasteiger partial charge in [0.1, 0.15) is 18.0 Å². The van der Waals surface area contributed by atoms with Crippen LogP contribution in [0.4, 0.5) is 0 Å². The number of benzene rings is 2. The number of methoxy groups -OCH3 is 1. The number of hydrogen-bond donors (Lipinski definition) is 3. The molecular formula is C24H28ClN3O5. The SMILES string of the molecule is COC(=O)[C@H](Cc1ccccc1)NC(=O)CNC(=O)[C@H](CCc1ccccc1)NC(=O)CCl. The van der Waals surface area contributed by atoms with E-state index >= 15 is 0 Å². The number of halogens is 1. The van der Waals surface area contributed by atoms with E-state index in [1.54, 1.807) is 0 Å². The van der Waals surface area contributed by atoms with Gasteiger partial charge in [0.25, 0.3) is 0 Å². The van der Waals surface area contributed by atoms with Crippen molar-refractivity contribution in [2.75, 3.05) is 19.5 Å². The van der Waals surface area contributed by atoms with Crippen LogP contribution in [0, 0.1) is 0 Å². The van der Waals surface area contributed by atoms with Gasteiger partial charge in [0.2, 0.25) is 17.7 Å². The summed E-state index contributed by atoms with van der Waals surface area (Å²) in [5.74, 6) is -2.43. The minimum absolute atomic E-state index is 0.249. The average molecular weight is 474 g/mol. The number of alkyl halides is 1. The fraction of sp³-hybridized carbons (Fsp3) is 0.333. The molecule has 0 aliphatic heterocycles. The van der Waals surface area contributed by atoms with E-state index in [0.717, 1.165) is 11.1 Å². The molecular weight excluding hydrogens is 446 g/mol. The first-order chi connectivity index (χ1) is 15.9. The zero-order valence-electron chi connectivity index (χ0n) is 18.4. The zero-order chi connectivity index (χ0) is 24.1. The summed E-state index contributed by atoms with van der Waals surface area (Å²) in [6.45, 7) is -0.361. The fourth-order valence-electron chi connectivity index (χ4n) is 3.18. The Kier molecular flexibility index (Phi) is 10.9. The maximum absolute atomic E-state index is 12.6. The molecule has 8 nitrogen and oxygen atoms in total. The summed E-state index contributed by atoms with van der Waals surface area (Å²) < 4.78 is 4.78. The number of esters is 1. The van der Waals surface area contributed by atoms with Gasteiger partial charge in [-0.25, -0.2) is 4.79 Å². The molecule has 33 heavy (non-hydrogen) atoms. The number of amides is 3. The molecule has 3 N–H and O–H groups in total. The lowest BCUT2D eigenvalue weighted by Gasteiger charge is -2.19. The van der Waals surface area contributed by atoms with Crippen LogP contribution in [0.25, 0.3) is 0 Å². The van der Waals surface area contributed by atoms with Gasteiger partial charge in [0.15, 0.2) is 0 Å². The minimum atomic E-state index is -0.897. The number of carbonyl (C=O) groups excluding carboxylic acids is 4. The molecule has 0 radical (unpaired) electrons. The second kappa shape index (κ2) is 13.9. The molecule has 0 spiro atoms. The first-order valence-corrected chi connectivity index (χ1v) is 11.0. The topological polar surface area (TPSA) is 114 Å². The molecule has 0 aliphatic carbocycles. The van der Waals surface area contributed by atoms with Crippen LogP contribution in [0.5, 0.6) is 0 Å². The molecule has 2 rings (SSSR count). The Morgan fingerprint density at radius 3 is 2.00 bits per heavy atom. The molecule has 2 aromatic carbocycles. The highest BCUT2D eigenvalue weighted by molar-refractivity contribution is 6.27. The summed E-state index contributed by atoms with van der Waals surface area (Å²) in [6.07, 6.45) is 1.13. The zero-order valence-corrected chi connectivity index (χ0v) is 19.1. The van der Waals surface area contributed by atoms with Gasteiger partial charge in [-0.3, -0.25) is 14.4 Å². The molecule has 0 heterocycles. The summed E-state index contributed by atoms with van der Waals surface area (Å²) >= 11 is 5.56.